The van der Waals surface area contributed by atoms with Gasteiger partial charge >= 0.3 is 0 Å². The standard InChI is InChI=1S/C15H32N2/c1-13(2)9-8-10-14(16-5)15(3,4)17-11-6-7-12-17/h13-14,16H,6-12H2,1-5H3. The van der Waals surface area contributed by atoms with Crippen molar-refractivity contribution in [1.82, 2.24) is 10.2 Å². The molecule has 102 valence electrons. The summed E-state index contributed by atoms with van der Waals surface area (Å²) < 4.78 is 0. The van der Waals surface area contributed by atoms with E-state index in [4.69, 9.17) is 0 Å². The second kappa shape index (κ2) is 6.75. The van der Waals surface area contributed by atoms with Crippen LogP contribution in [0.1, 0.15) is 59.8 Å². The highest BCUT2D eigenvalue weighted by atomic mass is 15.2. The Balaban J connectivity index is 2.46. The highest BCUT2D eigenvalue weighted by Gasteiger charge is 2.35. The lowest BCUT2D eigenvalue weighted by Gasteiger charge is -2.42. The maximum absolute atomic E-state index is 3.55. The van der Waals surface area contributed by atoms with Crippen molar-refractivity contribution in [3.8, 4) is 0 Å². The van der Waals surface area contributed by atoms with Gasteiger partial charge in [-0.25, -0.2) is 0 Å². The average molecular weight is 240 g/mol. The van der Waals surface area contributed by atoms with Crippen molar-refractivity contribution in [3.05, 3.63) is 0 Å². The molecule has 0 bridgehead atoms. The Morgan fingerprint density at radius 1 is 1.12 bits per heavy atom. The summed E-state index contributed by atoms with van der Waals surface area (Å²) in [5, 5.41) is 3.55. The van der Waals surface area contributed by atoms with Gasteiger partial charge in [0.25, 0.3) is 0 Å². The van der Waals surface area contributed by atoms with E-state index in [2.05, 4.69) is 45.0 Å². The van der Waals surface area contributed by atoms with Crippen molar-refractivity contribution in [2.75, 3.05) is 20.1 Å². The molecule has 1 atom stereocenters. The predicted octanol–water partition coefficient (Wildman–Crippen LogP) is 3.28. The lowest BCUT2D eigenvalue weighted by atomic mass is 9.88. The molecule has 1 unspecified atom stereocenters. The SMILES string of the molecule is CNC(CCCC(C)C)C(C)(C)N1CCCC1. The number of likely N-dealkylation sites (tertiary alicyclic amines) is 1. The van der Waals surface area contributed by atoms with E-state index in [0.29, 0.717) is 11.6 Å². The Kier molecular flexibility index (Phi) is 5.94. The molecule has 0 aromatic carbocycles. The zero-order valence-corrected chi connectivity index (χ0v) is 12.6. The summed E-state index contributed by atoms with van der Waals surface area (Å²) in [7, 11) is 2.12. The zero-order chi connectivity index (χ0) is 12.9. The summed E-state index contributed by atoms with van der Waals surface area (Å²) in [6, 6.07) is 0.624. The van der Waals surface area contributed by atoms with E-state index in [1.54, 1.807) is 0 Å². The fourth-order valence-electron chi connectivity index (χ4n) is 3.09. The van der Waals surface area contributed by atoms with Crippen molar-refractivity contribution in [1.29, 1.82) is 0 Å². The Bertz CT molecular complexity index is 205. The predicted molar refractivity (Wildman–Crippen MR) is 76.4 cm³/mol. The number of likely N-dealkylation sites (N-methyl/N-ethyl adjacent to an activating group) is 1. The maximum atomic E-state index is 3.55. The summed E-state index contributed by atoms with van der Waals surface area (Å²) in [6.45, 7) is 12.0. The molecule has 0 saturated carbocycles. The molecule has 0 spiro atoms. The van der Waals surface area contributed by atoms with Crippen molar-refractivity contribution in [2.24, 2.45) is 5.92 Å². The molecule has 1 saturated heterocycles. The van der Waals surface area contributed by atoms with E-state index >= 15 is 0 Å². The molecule has 1 N–H and O–H groups in total. The van der Waals surface area contributed by atoms with Crippen LogP contribution in [0.2, 0.25) is 0 Å². The second-order valence-corrected chi connectivity index (χ2v) is 6.51. The van der Waals surface area contributed by atoms with Crippen LogP contribution in [0.25, 0.3) is 0 Å². The number of rotatable bonds is 7. The lowest BCUT2D eigenvalue weighted by molar-refractivity contribution is 0.104. The highest BCUT2D eigenvalue weighted by molar-refractivity contribution is 4.94. The van der Waals surface area contributed by atoms with Gasteiger partial charge in [-0.1, -0.05) is 26.7 Å². The van der Waals surface area contributed by atoms with Gasteiger partial charge in [0.05, 0.1) is 0 Å². The van der Waals surface area contributed by atoms with Gasteiger partial charge in [-0.2, -0.15) is 0 Å². The normalized spacial score (nSPS) is 20.1. The molecule has 0 amide bonds. The highest BCUT2D eigenvalue weighted by Crippen LogP contribution is 2.27. The Morgan fingerprint density at radius 2 is 1.71 bits per heavy atom. The molecule has 1 aliphatic rings. The van der Waals surface area contributed by atoms with E-state index < -0.39 is 0 Å². The molecule has 2 heteroatoms. The first kappa shape index (κ1) is 15.0. The average Bonchev–Trinajstić information content (AvgIpc) is 2.77. The molecule has 0 aromatic heterocycles. The van der Waals surface area contributed by atoms with E-state index in [-0.39, 0.29) is 0 Å². The molecular weight excluding hydrogens is 208 g/mol. The van der Waals surface area contributed by atoms with Crippen LogP contribution in [0.15, 0.2) is 0 Å². The third kappa shape index (κ3) is 4.26. The molecule has 0 radical (unpaired) electrons. The largest absolute Gasteiger partial charge is 0.315 e. The molecule has 0 aromatic rings. The fraction of sp³-hybridized carbons (Fsp3) is 1.00. The van der Waals surface area contributed by atoms with Crippen LogP contribution in [0.3, 0.4) is 0 Å². The van der Waals surface area contributed by atoms with Crippen molar-refractivity contribution >= 4 is 0 Å². The quantitative estimate of drug-likeness (QED) is 0.735. The molecular formula is C15H32N2. The van der Waals surface area contributed by atoms with E-state index in [1.807, 2.05) is 0 Å². The Morgan fingerprint density at radius 3 is 2.18 bits per heavy atom. The first-order valence-corrected chi connectivity index (χ1v) is 7.40. The third-order valence-electron chi connectivity index (χ3n) is 4.40. The van der Waals surface area contributed by atoms with Gasteiger partial charge in [0.1, 0.15) is 0 Å². The Labute approximate surface area is 108 Å². The second-order valence-electron chi connectivity index (χ2n) is 6.51. The first-order chi connectivity index (χ1) is 7.98. The number of hydrogen-bond acceptors (Lipinski definition) is 2. The van der Waals surface area contributed by atoms with Gasteiger partial charge < -0.3 is 5.32 Å². The van der Waals surface area contributed by atoms with Gasteiger partial charge in [-0.15, -0.1) is 0 Å². The van der Waals surface area contributed by atoms with Crippen LogP contribution in [-0.2, 0) is 0 Å². The van der Waals surface area contributed by atoms with E-state index in [0.717, 1.165) is 5.92 Å². The molecule has 17 heavy (non-hydrogen) atoms. The van der Waals surface area contributed by atoms with Crippen LogP contribution in [0.4, 0.5) is 0 Å². The van der Waals surface area contributed by atoms with Crippen LogP contribution >= 0.6 is 0 Å². The summed E-state index contributed by atoms with van der Waals surface area (Å²) >= 11 is 0. The number of nitrogens with one attached hydrogen (secondary N) is 1. The summed E-state index contributed by atoms with van der Waals surface area (Å²) in [5.41, 5.74) is 0.308. The van der Waals surface area contributed by atoms with Gasteiger partial charge in [0.15, 0.2) is 0 Å². The van der Waals surface area contributed by atoms with Gasteiger partial charge in [-0.05, 0) is 59.2 Å². The molecule has 1 aliphatic heterocycles. The third-order valence-corrected chi connectivity index (χ3v) is 4.40. The summed E-state index contributed by atoms with van der Waals surface area (Å²) in [4.78, 5) is 2.67. The lowest BCUT2D eigenvalue weighted by Crippen LogP contribution is -2.56. The number of hydrogen-bond donors (Lipinski definition) is 1. The molecule has 1 rings (SSSR count). The minimum Gasteiger partial charge on any atom is -0.315 e. The van der Waals surface area contributed by atoms with Crippen LogP contribution in [0.5, 0.6) is 0 Å². The monoisotopic (exact) mass is 240 g/mol. The van der Waals surface area contributed by atoms with Crippen LogP contribution < -0.4 is 5.32 Å². The smallest absolute Gasteiger partial charge is 0.0306 e. The van der Waals surface area contributed by atoms with Crippen molar-refractivity contribution in [3.63, 3.8) is 0 Å². The topological polar surface area (TPSA) is 15.3 Å². The maximum Gasteiger partial charge on any atom is 0.0306 e. The molecule has 1 fully saturated rings. The first-order valence-electron chi connectivity index (χ1n) is 7.40. The van der Waals surface area contributed by atoms with Crippen molar-refractivity contribution < 1.29 is 0 Å². The summed E-state index contributed by atoms with van der Waals surface area (Å²) in [6.07, 6.45) is 6.77. The molecule has 0 aliphatic carbocycles. The van der Waals surface area contributed by atoms with Crippen molar-refractivity contribution in [2.45, 2.75) is 71.4 Å². The van der Waals surface area contributed by atoms with Crippen LogP contribution in [-0.4, -0.2) is 36.6 Å². The van der Waals surface area contributed by atoms with E-state index in [9.17, 15) is 0 Å². The van der Waals surface area contributed by atoms with E-state index in [1.165, 1.54) is 45.2 Å². The van der Waals surface area contributed by atoms with Gasteiger partial charge in [0.2, 0.25) is 0 Å². The van der Waals surface area contributed by atoms with Crippen LogP contribution in [0, 0.1) is 5.92 Å². The summed E-state index contributed by atoms with van der Waals surface area (Å²) in [5.74, 6) is 0.836. The minimum atomic E-state index is 0.308. The molecule has 1 heterocycles. The Hall–Kier alpha value is -0.0800. The minimum absolute atomic E-state index is 0.308. The number of nitrogens with zero attached hydrogens (tertiary/aromatic N) is 1. The fourth-order valence-corrected chi connectivity index (χ4v) is 3.09. The van der Waals surface area contributed by atoms with Gasteiger partial charge in [0, 0.05) is 11.6 Å². The zero-order valence-electron chi connectivity index (χ0n) is 12.6. The molecule has 2 nitrogen and oxygen atoms in total. The van der Waals surface area contributed by atoms with Gasteiger partial charge in [-0.3, -0.25) is 4.90 Å².